The van der Waals surface area contributed by atoms with Crippen LogP contribution in [0.3, 0.4) is 0 Å². The third-order valence-corrected chi connectivity index (χ3v) is 8.18. The van der Waals surface area contributed by atoms with Crippen LogP contribution in [0.25, 0.3) is 0 Å². The summed E-state index contributed by atoms with van der Waals surface area (Å²) in [7, 11) is 0. The van der Waals surface area contributed by atoms with Crippen molar-refractivity contribution < 1.29 is 9.90 Å². The van der Waals surface area contributed by atoms with Crippen molar-refractivity contribution in [3.8, 4) is 0 Å². The summed E-state index contributed by atoms with van der Waals surface area (Å²) in [6, 6.07) is 0. The molecule has 0 amide bonds. The summed E-state index contributed by atoms with van der Waals surface area (Å²) in [5, 5.41) is 9.61. The highest BCUT2D eigenvalue weighted by Gasteiger charge is 2.27. The third kappa shape index (κ3) is 8.20. The van der Waals surface area contributed by atoms with Crippen LogP contribution in [-0.4, -0.2) is 33.6 Å². The molecule has 0 radical (unpaired) electrons. The molecule has 0 aromatic heterocycles. The number of rotatable bonds is 11. The zero-order valence-electron chi connectivity index (χ0n) is 14.5. The van der Waals surface area contributed by atoms with Crippen molar-refractivity contribution in [2.75, 3.05) is 17.3 Å². The van der Waals surface area contributed by atoms with Crippen molar-refractivity contribution in [3.05, 3.63) is 0 Å². The second-order valence-corrected chi connectivity index (χ2v) is 9.81. The molecule has 0 aromatic carbocycles. The predicted octanol–water partition coefficient (Wildman–Crippen LogP) is 5.85. The molecule has 0 unspecified atom stereocenters. The molecule has 1 saturated carbocycles. The molecule has 1 aliphatic carbocycles. The first-order chi connectivity index (χ1) is 11.3. The maximum Gasteiger partial charge on any atom is 0.303 e. The van der Waals surface area contributed by atoms with Crippen LogP contribution < -0.4 is 0 Å². The molecule has 2 rings (SSSR count). The third-order valence-electron chi connectivity index (χ3n) is 5.44. The Hall–Kier alpha value is 0.170. The Labute approximate surface area is 150 Å². The van der Waals surface area contributed by atoms with E-state index in [9.17, 15) is 4.79 Å². The van der Waals surface area contributed by atoms with Gasteiger partial charge in [0.15, 0.2) is 0 Å². The lowest BCUT2D eigenvalue weighted by Crippen LogP contribution is -2.15. The van der Waals surface area contributed by atoms with Gasteiger partial charge in [-0.1, -0.05) is 38.5 Å². The van der Waals surface area contributed by atoms with Gasteiger partial charge in [0.25, 0.3) is 0 Å². The lowest BCUT2D eigenvalue weighted by atomic mass is 9.89. The Bertz CT molecular complexity index is 329. The van der Waals surface area contributed by atoms with E-state index in [2.05, 4.69) is 23.5 Å². The van der Waals surface area contributed by atoms with E-state index in [4.69, 9.17) is 5.11 Å². The lowest BCUT2D eigenvalue weighted by molar-refractivity contribution is -0.137. The van der Waals surface area contributed by atoms with Gasteiger partial charge in [-0.05, 0) is 61.2 Å². The van der Waals surface area contributed by atoms with Crippen molar-refractivity contribution in [1.29, 1.82) is 0 Å². The van der Waals surface area contributed by atoms with Crippen LogP contribution in [0.4, 0.5) is 0 Å². The summed E-state index contributed by atoms with van der Waals surface area (Å²) >= 11 is 4.42. The summed E-state index contributed by atoms with van der Waals surface area (Å²) in [6.07, 6.45) is 14.9. The molecule has 23 heavy (non-hydrogen) atoms. The maximum atomic E-state index is 10.5. The number of aliphatic carboxylic acids is 1. The topological polar surface area (TPSA) is 37.3 Å². The molecule has 1 aliphatic heterocycles. The molecule has 1 heterocycles. The summed E-state index contributed by atoms with van der Waals surface area (Å²) in [4.78, 5) is 10.5. The average Bonchev–Trinajstić information content (AvgIpc) is 2.99. The molecule has 0 aromatic rings. The minimum atomic E-state index is -0.646. The highest BCUT2D eigenvalue weighted by molar-refractivity contribution is 8.00. The zero-order chi connectivity index (χ0) is 16.3. The van der Waals surface area contributed by atoms with Crippen LogP contribution in [0.2, 0.25) is 0 Å². The van der Waals surface area contributed by atoms with E-state index in [-0.39, 0.29) is 0 Å². The van der Waals surface area contributed by atoms with Gasteiger partial charge < -0.3 is 5.11 Å². The molecule has 134 valence electrons. The Morgan fingerprint density at radius 3 is 2.39 bits per heavy atom. The van der Waals surface area contributed by atoms with Gasteiger partial charge in [-0.15, -0.1) is 0 Å². The number of hydrogen-bond acceptors (Lipinski definition) is 3. The van der Waals surface area contributed by atoms with Crippen molar-refractivity contribution in [2.45, 2.75) is 82.3 Å². The Morgan fingerprint density at radius 1 is 0.957 bits per heavy atom. The van der Waals surface area contributed by atoms with Crippen molar-refractivity contribution in [1.82, 2.24) is 0 Å². The van der Waals surface area contributed by atoms with Gasteiger partial charge in [-0.25, -0.2) is 0 Å². The fourth-order valence-corrected chi connectivity index (χ4v) is 6.99. The van der Waals surface area contributed by atoms with Crippen LogP contribution in [0.15, 0.2) is 0 Å². The molecule has 4 heteroatoms. The van der Waals surface area contributed by atoms with Crippen LogP contribution in [0.5, 0.6) is 0 Å². The van der Waals surface area contributed by atoms with Crippen molar-refractivity contribution >= 4 is 29.5 Å². The van der Waals surface area contributed by atoms with Gasteiger partial charge in [0.05, 0.1) is 0 Å². The summed E-state index contributed by atoms with van der Waals surface area (Å²) < 4.78 is 0. The molecule has 2 atom stereocenters. The number of unbranched alkanes of at least 4 members (excludes halogenated alkanes) is 3. The summed E-state index contributed by atoms with van der Waals surface area (Å²) in [5.74, 6) is 5.38. The largest absolute Gasteiger partial charge is 0.481 e. The van der Waals surface area contributed by atoms with E-state index in [1.807, 2.05) is 0 Å². The van der Waals surface area contributed by atoms with E-state index in [1.54, 1.807) is 0 Å². The first-order valence-corrected chi connectivity index (χ1v) is 11.9. The summed E-state index contributed by atoms with van der Waals surface area (Å²) in [5.41, 5.74) is 0. The first-order valence-electron chi connectivity index (χ1n) is 9.67. The Balaban J connectivity index is 1.51. The van der Waals surface area contributed by atoms with E-state index in [1.165, 1.54) is 75.0 Å². The normalized spacial score (nSPS) is 25.7. The van der Waals surface area contributed by atoms with E-state index < -0.39 is 5.97 Å². The van der Waals surface area contributed by atoms with E-state index in [0.717, 1.165) is 29.9 Å². The van der Waals surface area contributed by atoms with Gasteiger partial charge >= 0.3 is 5.97 Å². The monoisotopic (exact) mass is 358 g/mol. The number of hydrogen-bond donors (Lipinski definition) is 1. The molecular weight excluding hydrogens is 324 g/mol. The lowest BCUT2D eigenvalue weighted by Gasteiger charge is -2.23. The molecule has 1 saturated heterocycles. The van der Waals surface area contributed by atoms with E-state index in [0.29, 0.717) is 6.42 Å². The minimum absolute atomic E-state index is 0.348. The van der Waals surface area contributed by atoms with Crippen LogP contribution in [-0.2, 0) is 4.79 Å². The fraction of sp³-hybridized carbons (Fsp3) is 0.947. The second-order valence-electron chi connectivity index (χ2n) is 7.32. The SMILES string of the molecule is O=C(O)CCCCCC[C@H]1CSC[C@H]1CCSC1CCCCC1. The quantitative estimate of drug-likeness (QED) is 0.470. The molecule has 2 aliphatic rings. The zero-order valence-corrected chi connectivity index (χ0v) is 16.1. The highest BCUT2D eigenvalue weighted by Crippen LogP contribution is 2.37. The predicted molar refractivity (Wildman–Crippen MR) is 104 cm³/mol. The molecule has 1 N–H and O–H groups in total. The Kier molecular flexibility index (Phi) is 9.90. The van der Waals surface area contributed by atoms with Gasteiger partial charge in [-0.3, -0.25) is 4.79 Å². The highest BCUT2D eigenvalue weighted by atomic mass is 32.2. The number of thioether (sulfide) groups is 2. The van der Waals surface area contributed by atoms with Crippen LogP contribution in [0.1, 0.15) is 77.0 Å². The molecule has 0 bridgehead atoms. The van der Waals surface area contributed by atoms with Crippen LogP contribution in [0, 0.1) is 11.8 Å². The summed E-state index contributed by atoms with van der Waals surface area (Å²) in [6.45, 7) is 0. The molecule has 2 nitrogen and oxygen atoms in total. The standard InChI is InChI=1S/C19H34O2S2/c20-19(21)11-7-2-1-4-8-16-14-22-15-17(16)12-13-23-18-9-5-3-6-10-18/h16-18H,1-15H2,(H,20,21)/t16-,17+/m0/s1. The van der Waals surface area contributed by atoms with Crippen molar-refractivity contribution in [3.63, 3.8) is 0 Å². The Morgan fingerprint density at radius 2 is 1.65 bits per heavy atom. The smallest absolute Gasteiger partial charge is 0.303 e. The van der Waals surface area contributed by atoms with Gasteiger partial charge in [0.1, 0.15) is 0 Å². The minimum Gasteiger partial charge on any atom is -0.481 e. The average molecular weight is 359 g/mol. The molecule has 2 fully saturated rings. The molecule has 0 spiro atoms. The maximum absolute atomic E-state index is 10.5. The van der Waals surface area contributed by atoms with Crippen molar-refractivity contribution in [2.24, 2.45) is 11.8 Å². The van der Waals surface area contributed by atoms with Gasteiger partial charge in [0, 0.05) is 11.7 Å². The number of carbonyl (C=O) groups is 1. The number of carboxylic acids is 1. The fourth-order valence-electron chi connectivity index (χ4n) is 3.94. The molecular formula is C19H34O2S2. The first kappa shape index (κ1) is 19.5. The second kappa shape index (κ2) is 11.7. The number of carboxylic acid groups (broad SMARTS) is 1. The van der Waals surface area contributed by atoms with Gasteiger partial charge in [0.2, 0.25) is 0 Å². The van der Waals surface area contributed by atoms with E-state index >= 15 is 0 Å². The van der Waals surface area contributed by atoms with Gasteiger partial charge in [-0.2, -0.15) is 23.5 Å². The van der Waals surface area contributed by atoms with Crippen LogP contribution >= 0.6 is 23.5 Å².